The quantitative estimate of drug-likeness (QED) is 0.603. The lowest BCUT2D eigenvalue weighted by molar-refractivity contribution is 0.265. The van der Waals surface area contributed by atoms with Crippen molar-refractivity contribution in [2.75, 3.05) is 13.1 Å². The highest BCUT2D eigenvalue weighted by Crippen LogP contribution is 2.29. The van der Waals surface area contributed by atoms with Crippen LogP contribution in [0.15, 0.2) is 39.8 Å². The zero-order valence-electron chi connectivity index (χ0n) is 16.5. The normalized spacial score (nSPS) is 18.2. The summed E-state index contributed by atoms with van der Waals surface area (Å²) in [7, 11) is -1.59. The maximum atomic E-state index is 12.9. The number of aromatic nitrogens is 5. The molecule has 1 unspecified atom stereocenters. The van der Waals surface area contributed by atoms with E-state index in [9.17, 15) is 8.42 Å². The van der Waals surface area contributed by atoms with Crippen LogP contribution in [0.4, 0.5) is 0 Å². The van der Waals surface area contributed by atoms with Gasteiger partial charge in [-0.05, 0) is 31.9 Å². The molecule has 0 amide bonds. The Kier molecular flexibility index (Phi) is 5.46. The van der Waals surface area contributed by atoms with Crippen LogP contribution < -0.4 is 0 Å². The molecule has 1 saturated heterocycles. The van der Waals surface area contributed by atoms with E-state index in [-0.39, 0.29) is 5.92 Å². The molecule has 0 radical (unpaired) electrons. The Balaban J connectivity index is 1.43. The van der Waals surface area contributed by atoms with Crippen LogP contribution in [0.3, 0.4) is 0 Å². The van der Waals surface area contributed by atoms with E-state index in [1.807, 2.05) is 18.5 Å². The molecule has 3 heterocycles. The second-order valence-electron chi connectivity index (χ2n) is 7.29. The molecule has 0 saturated carbocycles. The maximum Gasteiger partial charge on any atom is 0.243 e. The van der Waals surface area contributed by atoms with Crippen molar-refractivity contribution in [3.63, 3.8) is 0 Å². The molecular weight excluding hydrogens is 392 g/mol. The van der Waals surface area contributed by atoms with Crippen molar-refractivity contribution in [2.45, 2.75) is 43.4 Å². The Labute approximate surface area is 169 Å². The van der Waals surface area contributed by atoms with Gasteiger partial charge in [-0.2, -0.15) is 9.29 Å². The zero-order valence-corrected chi connectivity index (χ0v) is 17.3. The minimum absolute atomic E-state index is 0.0967. The van der Waals surface area contributed by atoms with Crippen molar-refractivity contribution in [3.8, 4) is 0 Å². The summed E-state index contributed by atoms with van der Waals surface area (Å²) >= 11 is 0. The number of rotatable bonds is 6. The molecule has 1 aromatic carbocycles. The molecule has 1 aliphatic rings. The van der Waals surface area contributed by atoms with Gasteiger partial charge >= 0.3 is 0 Å². The Hall–Kier alpha value is -2.59. The van der Waals surface area contributed by atoms with Gasteiger partial charge in [-0.25, -0.2) is 8.42 Å². The van der Waals surface area contributed by atoms with Gasteiger partial charge in [-0.1, -0.05) is 23.4 Å². The second kappa shape index (κ2) is 8.03. The predicted molar refractivity (Wildman–Crippen MR) is 105 cm³/mol. The lowest BCUT2D eigenvalue weighted by atomic mass is 10.00. The summed E-state index contributed by atoms with van der Waals surface area (Å²) in [6.07, 6.45) is 2.83. The van der Waals surface area contributed by atoms with Crippen molar-refractivity contribution in [1.29, 1.82) is 0 Å². The Morgan fingerprint density at radius 2 is 1.97 bits per heavy atom. The molecule has 2 aromatic heterocycles. The average Bonchev–Trinajstić information content (AvgIpc) is 3.34. The van der Waals surface area contributed by atoms with Crippen LogP contribution in [0.5, 0.6) is 0 Å². The number of hydrogen-bond acceptors (Lipinski definition) is 7. The van der Waals surface area contributed by atoms with E-state index < -0.39 is 10.0 Å². The third-order valence-corrected chi connectivity index (χ3v) is 7.23. The van der Waals surface area contributed by atoms with E-state index in [4.69, 9.17) is 4.52 Å². The third-order valence-electron chi connectivity index (χ3n) is 5.35. The lowest BCUT2D eigenvalue weighted by Gasteiger charge is -2.30. The molecule has 0 bridgehead atoms. The molecule has 1 fully saturated rings. The summed E-state index contributed by atoms with van der Waals surface area (Å²) in [6.45, 7) is 2.75. The highest BCUT2D eigenvalue weighted by atomic mass is 32.2. The molecular formula is C19H24N6O3S. The number of nitrogens with zero attached hydrogens (tertiary/aromatic N) is 6. The van der Waals surface area contributed by atoms with Gasteiger partial charge in [0.2, 0.25) is 15.9 Å². The van der Waals surface area contributed by atoms with Gasteiger partial charge in [0.25, 0.3) is 0 Å². The molecule has 3 aromatic rings. The van der Waals surface area contributed by atoms with Crippen LogP contribution in [0.25, 0.3) is 0 Å². The smallest absolute Gasteiger partial charge is 0.243 e. The second-order valence-corrected chi connectivity index (χ2v) is 9.22. The molecule has 10 heteroatoms. The van der Waals surface area contributed by atoms with Crippen LogP contribution in [-0.2, 0) is 29.9 Å². The summed E-state index contributed by atoms with van der Waals surface area (Å²) in [6, 6.07) is 8.52. The van der Waals surface area contributed by atoms with E-state index in [2.05, 4.69) is 20.3 Å². The molecule has 0 aliphatic carbocycles. The Morgan fingerprint density at radius 3 is 2.69 bits per heavy atom. The fraction of sp³-hybridized carbons (Fsp3) is 0.474. The molecule has 154 valence electrons. The van der Waals surface area contributed by atoms with Gasteiger partial charge in [-0.15, -0.1) is 10.2 Å². The standard InChI is InChI=1S/C19H24N6O3S/c1-14-21-22-18(24(14)2)11-10-17-20-19(28-23-17)15-7-6-12-25(13-15)29(26,27)16-8-4-3-5-9-16/h3-5,8-9,15H,6-7,10-13H2,1-2H3. The predicted octanol–water partition coefficient (Wildman–Crippen LogP) is 1.86. The van der Waals surface area contributed by atoms with Crippen molar-refractivity contribution < 1.29 is 12.9 Å². The van der Waals surface area contributed by atoms with Crippen LogP contribution >= 0.6 is 0 Å². The van der Waals surface area contributed by atoms with E-state index in [1.54, 1.807) is 30.3 Å². The van der Waals surface area contributed by atoms with E-state index in [0.29, 0.717) is 42.5 Å². The number of benzene rings is 1. The Morgan fingerprint density at radius 1 is 1.17 bits per heavy atom. The van der Waals surface area contributed by atoms with Crippen molar-refractivity contribution in [2.24, 2.45) is 7.05 Å². The fourth-order valence-electron chi connectivity index (χ4n) is 3.53. The summed E-state index contributed by atoms with van der Waals surface area (Å²) < 4.78 is 34.7. The fourth-order valence-corrected chi connectivity index (χ4v) is 5.08. The molecule has 0 N–H and O–H groups in total. The van der Waals surface area contributed by atoms with E-state index in [1.165, 1.54) is 4.31 Å². The summed E-state index contributed by atoms with van der Waals surface area (Å²) in [5.41, 5.74) is 0. The number of sulfonamides is 1. The monoisotopic (exact) mass is 416 g/mol. The van der Waals surface area contributed by atoms with Gasteiger partial charge in [-0.3, -0.25) is 0 Å². The first kappa shape index (κ1) is 19.7. The first-order valence-corrected chi connectivity index (χ1v) is 11.1. The molecule has 29 heavy (non-hydrogen) atoms. The minimum Gasteiger partial charge on any atom is -0.339 e. The van der Waals surface area contributed by atoms with Gasteiger partial charge in [0.1, 0.15) is 11.6 Å². The van der Waals surface area contributed by atoms with Crippen molar-refractivity contribution >= 4 is 10.0 Å². The zero-order chi connectivity index (χ0) is 20.4. The summed E-state index contributed by atoms with van der Waals surface area (Å²) in [5.74, 6) is 2.73. The van der Waals surface area contributed by atoms with Crippen molar-refractivity contribution in [1.82, 2.24) is 29.2 Å². The first-order valence-electron chi connectivity index (χ1n) is 9.67. The van der Waals surface area contributed by atoms with Gasteiger partial charge in [0.05, 0.1) is 10.8 Å². The first-order chi connectivity index (χ1) is 13.9. The highest BCUT2D eigenvalue weighted by Gasteiger charge is 2.33. The number of aryl methyl sites for hydroxylation is 3. The van der Waals surface area contributed by atoms with Crippen LogP contribution in [0.1, 0.15) is 42.1 Å². The Bertz CT molecular complexity index is 1080. The van der Waals surface area contributed by atoms with E-state index >= 15 is 0 Å². The number of piperidine rings is 1. The molecule has 4 rings (SSSR count). The largest absolute Gasteiger partial charge is 0.339 e. The summed E-state index contributed by atoms with van der Waals surface area (Å²) in [5, 5.41) is 12.3. The number of hydrogen-bond donors (Lipinski definition) is 0. The average molecular weight is 417 g/mol. The van der Waals surface area contributed by atoms with Crippen molar-refractivity contribution in [3.05, 3.63) is 53.7 Å². The topological polar surface area (TPSA) is 107 Å². The van der Waals surface area contributed by atoms with E-state index in [0.717, 1.165) is 24.5 Å². The van der Waals surface area contributed by atoms with Gasteiger partial charge in [0.15, 0.2) is 5.82 Å². The maximum absolute atomic E-state index is 12.9. The molecule has 9 nitrogen and oxygen atoms in total. The molecule has 1 atom stereocenters. The molecule has 0 spiro atoms. The van der Waals surface area contributed by atoms with Crippen LogP contribution in [0, 0.1) is 6.92 Å². The SMILES string of the molecule is Cc1nnc(CCc2noc(C3CCCN(S(=O)(=O)c4ccccc4)C3)n2)n1C. The van der Waals surface area contributed by atoms with Crippen LogP contribution in [0.2, 0.25) is 0 Å². The van der Waals surface area contributed by atoms with Gasteiger partial charge < -0.3 is 9.09 Å². The third kappa shape index (κ3) is 4.08. The molecule has 1 aliphatic heterocycles. The van der Waals surface area contributed by atoms with Gasteiger partial charge in [0, 0.05) is 33.0 Å². The minimum atomic E-state index is -3.52. The lowest BCUT2D eigenvalue weighted by Crippen LogP contribution is -2.39. The highest BCUT2D eigenvalue weighted by molar-refractivity contribution is 7.89. The van der Waals surface area contributed by atoms with Crippen LogP contribution in [-0.4, -0.2) is 50.7 Å². The summed E-state index contributed by atoms with van der Waals surface area (Å²) in [4.78, 5) is 4.83.